The van der Waals surface area contributed by atoms with Gasteiger partial charge < -0.3 is 16.2 Å². The van der Waals surface area contributed by atoms with E-state index >= 15 is 0 Å². The number of allylic oxidation sites excluding steroid dienone is 2. The second kappa shape index (κ2) is 8.92. The summed E-state index contributed by atoms with van der Waals surface area (Å²) in [6, 6.07) is 13.3. The van der Waals surface area contributed by atoms with Crippen molar-refractivity contribution in [3.05, 3.63) is 52.7 Å². The molecule has 4 N–H and O–H groups in total. The van der Waals surface area contributed by atoms with Gasteiger partial charge in [0, 0.05) is 24.9 Å². The maximum Gasteiger partial charge on any atom is 0.255 e. The molecule has 31 heavy (non-hydrogen) atoms. The van der Waals surface area contributed by atoms with Gasteiger partial charge in [0.05, 0.1) is 23.4 Å². The molecule has 2 atom stereocenters. The van der Waals surface area contributed by atoms with Crippen molar-refractivity contribution in [1.82, 2.24) is 4.90 Å². The molecule has 8 heteroatoms. The van der Waals surface area contributed by atoms with Crippen molar-refractivity contribution in [2.24, 2.45) is 22.8 Å². The van der Waals surface area contributed by atoms with E-state index in [1.54, 1.807) is 24.3 Å². The Bertz CT molecular complexity index is 1040. The molecule has 1 heterocycles. The molecule has 2 unspecified atom stereocenters. The number of hydrogen-bond acceptors (Lipinski definition) is 7. The summed E-state index contributed by atoms with van der Waals surface area (Å²) in [6.07, 6.45) is 2.96. The van der Waals surface area contributed by atoms with Crippen LogP contribution in [0.3, 0.4) is 0 Å². The van der Waals surface area contributed by atoms with Gasteiger partial charge in [-0.25, -0.2) is 0 Å². The van der Waals surface area contributed by atoms with Crippen LogP contribution in [0.25, 0.3) is 0 Å². The van der Waals surface area contributed by atoms with E-state index in [1.807, 2.05) is 6.08 Å². The Hall–Kier alpha value is -3.80. The molecule has 0 saturated carbocycles. The first-order valence-electron chi connectivity index (χ1n) is 10.1. The highest BCUT2D eigenvalue weighted by Crippen LogP contribution is 2.54. The van der Waals surface area contributed by atoms with Crippen molar-refractivity contribution in [1.29, 1.82) is 15.8 Å². The molecule has 1 aromatic carbocycles. The lowest BCUT2D eigenvalue weighted by molar-refractivity contribution is -0.119. The third-order valence-electron chi connectivity index (χ3n) is 5.90. The van der Waals surface area contributed by atoms with Crippen LogP contribution in [0.2, 0.25) is 0 Å². The molecule has 0 bridgehead atoms. The summed E-state index contributed by atoms with van der Waals surface area (Å²) in [7, 11) is 0. The molecular weight excluding hydrogens is 392 g/mol. The Morgan fingerprint density at radius 2 is 1.94 bits per heavy atom. The molecule has 3 rings (SSSR count). The molecule has 1 aliphatic heterocycles. The Balaban J connectivity index is 2.12. The normalized spacial score (nSPS) is 22.3. The number of primary amides is 1. The van der Waals surface area contributed by atoms with Gasteiger partial charge in [0.1, 0.15) is 11.8 Å². The summed E-state index contributed by atoms with van der Waals surface area (Å²) in [5, 5.41) is 30.0. The fraction of sp³-hybridized carbons (Fsp3) is 0.391. The van der Waals surface area contributed by atoms with Gasteiger partial charge in [-0.3, -0.25) is 9.69 Å². The number of carbonyl (C=O) groups is 1. The SMILES string of the molecule is CCCN1CC=C2C(C#N)=C(N)C(C#N)(C#N)C(c3ccc(OCC(N)=O)cc3)C2C1. The standard InChI is InChI=1S/C23H24N6O2/c1-2-8-29-9-7-17-18(10-24)22(28)23(13-25,14-26)21(19(17)11-29)15-3-5-16(6-4-15)31-12-20(27)30/h3-7,19,21H,2,8-9,11-12,28H2,1H3,(H2,27,30). The highest BCUT2D eigenvalue weighted by molar-refractivity contribution is 5.75. The molecule has 0 aromatic heterocycles. The zero-order chi connectivity index (χ0) is 22.6. The summed E-state index contributed by atoms with van der Waals surface area (Å²) in [5.41, 5.74) is 11.5. The van der Waals surface area contributed by atoms with Gasteiger partial charge in [0.2, 0.25) is 0 Å². The number of ether oxygens (including phenoxy) is 1. The van der Waals surface area contributed by atoms with E-state index in [9.17, 15) is 20.6 Å². The second-order valence-corrected chi connectivity index (χ2v) is 7.76. The van der Waals surface area contributed by atoms with Crippen molar-refractivity contribution in [3.63, 3.8) is 0 Å². The molecule has 1 amide bonds. The van der Waals surface area contributed by atoms with Crippen LogP contribution in [-0.2, 0) is 4.79 Å². The Labute approximate surface area is 181 Å². The Kier molecular flexibility index (Phi) is 6.30. The van der Waals surface area contributed by atoms with Crippen LogP contribution in [0.15, 0.2) is 47.2 Å². The third kappa shape index (κ3) is 3.84. The zero-order valence-corrected chi connectivity index (χ0v) is 17.3. The number of hydrogen-bond donors (Lipinski definition) is 2. The topological polar surface area (TPSA) is 153 Å². The second-order valence-electron chi connectivity index (χ2n) is 7.76. The number of nitrogens with two attached hydrogens (primary N) is 2. The van der Waals surface area contributed by atoms with E-state index in [0.29, 0.717) is 18.8 Å². The monoisotopic (exact) mass is 416 g/mol. The van der Waals surface area contributed by atoms with Crippen molar-refractivity contribution in [2.75, 3.05) is 26.2 Å². The molecular formula is C23H24N6O2. The van der Waals surface area contributed by atoms with E-state index in [0.717, 1.165) is 24.1 Å². The highest BCUT2D eigenvalue weighted by atomic mass is 16.5. The van der Waals surface area contributed by atoms with Crippen LogP contribution in [0.5, 0.6) is 5.75 Å². The summed E-state index contributed by atoms with van der Waals surface area (Å²) in [6.45, 7) is 4.03. The lowest BCUT2D eigenvalue weighted by atomic mass is 9.58. The maximum atomic E-state index is 11.0. The summed E-state index contributed by atoms with van der Waals surface area (Å²) in [5.74, 6) is -0.931. The molecule has 2 aliphatic rings. The zero-order valence-electron chi connectivity index (χ0n) is 17.3. The average molecular weight is 416 g/mol. The molecule has 158 valence electrons. The molecule has 1 aliphatic carbocycles. The first kappa shape index (κ1) is 21.9. The van der Waals surface area contributed by atoms with Gasteiger partial charge in [-0.1, -0.05) is 25.1 Å². The van der Waals surface area contributed by atoms with Gasteiger partial charge in [-0.2, -0.15) is 15.8 Å². The van der Waals surface area contributed by atoms with Crippen LogP contribution in [0.1, 0.15) is 24.8 Å². The lowest BCUT2D eigenvalue weighted by Crippen LogP contribution is -2.48. The summed E-state index contributed by atoms with van der Waals surface area (Å²) in [4.78, 5) is 13.2. The van der Waals surface area contributed by atoms with Crippen LogP contribution in [0.4, 0.5) is 0 Å². The van der Waals surface area contributed by atoms with Crippen LogP contribution >= 0.6 is 0 Å². The van der Waals surface area contributed by atoms with E-state index < -0.39 is 17.2 Å². The first-order valence-corrected chi connectivity index (χ1v) is 10.1. The van der Waals surface area contributed by atoms with E-state index in [-0.39, 0.29) is 23.8 Å². The van der Waals surface area contributed by atoms with E-state index in [4.69, 9.17) is 16.2 Å². The first-order chi connectivity index (χ1) is 14.9. The fourth-order valence-corrected chi connectivity index (χ4v) is 4.54. The number of fused-ring (bicyclic) bond motifs is 1. The van der Waals surface area contributed by atoms with Crippen molar-refractivity contribution in [2.45, 2.75) is 19.3 Å². The van der Waals surface area contributed by atoms with Gasteiger partial charge in [0.25, 0.3) is 5.91 Å². The average Bonchev–Trinajstić information content (AvgIpc) is 2.78. The van der Waals surface area contributed by atoms with Crippen molar-refractivity contribution >= 4 is 5.91 Å². The number of benzene rings is 1. The predicted octanol–water partition coefficient (Wildman–Crippen LogP) is 1.69. The summed E-state index contributed by atoms with van der Waals surface area (Å²) >= 11 is 0. The smallest absolute Gasteiger partial charge is 0.255 e. The molecule has 0 fully saturated rings. The minimum atomic E-state index is -1.67. The largest absolute Gasteiger partial charge is 0.484 e. The molecule has 8 nitrogen and oxygen atoms in total. The maximum absolute atomic E-state index is 11.0. The molecule has 1 aromatic rings. The highest BCUT2D eigenvalue weighted by Gasteiger charge is 2.54. The van der Waals surface area contributed by atoms with E-state index in [1.165, 1.54) is 0 Å². The minimum absolute atomic E-state index is 0.00509. The van der Waals surface area contributed by atoms with E-state index in [2.05, 4.69) is 30.0 Å². The number of nitriles is 3. The van der Waals surface area contributed by atoms with Crippen LogP contribution < -0.4 is 16.2 Å². The van der Waals surface area contributed by atoms with Crippen molar-refractivity contribution < 1.29 is 9.53 Å². The van der Waals surface area contributed by atoms with Gasteiger partial charge in [0.15, 0.2) is 12.0 Å². The number of amides is 1. The number of carbonyl (C=O) groups excluding carboxylic acids is 1. The fourth-order valence-electron chi connectivity index (χ4n) is 4.54. The van der Waals surface area contributed by atoms with Gasteiger partial charge >= 0.3 is 0 Å². The van der Waals surface area contributed by atoms with Crippen LogP contribution in [-0.4, -0.2) is 37.0 Å². The molecule has 0 spiro atoms. The molecule has 0 saturated heterocycles. The van der Waals surface area contributed by atoms with Gasteiger partial charge in [-0.05, 0) is 36.2 Å². The Morgan fingerprint density at radius 3 is 2.48 bits per heavy atom. The van der Waals surface area contributed by atoms with Gasteiger partial charge in [-0.15, -0.1) is 0 Å². The van der Waals surface area contributed by atoms with Crippen molar-refractivity contribution in [3.8, 4) is 24.0 Å². The quantitative estimate of drug-likeness (QED) is 0.715. The minimum Gasteiger partial charge on any atom is -0.484 e. The molecule has 0 radical (unpaired) electrons. The summed E-state index contributed by atoms with van der Waals surface area (Å²) < 4.78 is 5.32. The predicted molar refractivity (Wildman–Crippen MR) is 113 cm³/mol. The number of rotatable bonds is 6. The van der Waals surface area contributed by atoms with Crippen LogP contribution in [0, 0.1) is 45.3 Å². The Morgan fingerprint density at radius 1 is 1.26 bits per heavy atom. The third-order valence-corrected chi connectivity index (χ3v) is 5.90. The number of nitrogens with zero attached hydrogens (tertiary/aromatic N) is 4. The lowest BCUT2D eigenvalue weighted by Gasteiger charge is -2.45.